The fourth-order valence-corrected chi connectivity index (χ4v) is 5.99. The number of imidazole rings is 1. The topological polar surface area (TPSA) is 270 Å². The van der Waals surface area contributed by atoms with E-state index in [1.807, 2.05) is 0 Å². The van der Waals surface area contributed by atoms with Crippen LogP contribution in [0.25, 0.3) is 11.2 Å². The summed E-state index contributed by atoms with van der Waals surface area (Å²) >= 11 is 0. The van der Waals surface area contributed by atoms with Crippen LogP contribution >= 0.6 is 7.37 Å². The van der Waals surface area contributed by atoms with E-state index in [0.29, 0.717) is 11.3 Å². The molecule has 0 amide bonds. The third kappa shape index (κ3) is 12.5. The van der Waals surface area contributed by atoms with Gasteiger partial charge < -0.3 is 39.8 Å². The van der Waals surface area contributed by atoms with Crippen molar-refractivity contribution >= 4 is 48.4 Å². The molecule has 1 aliphatic rings. The van der Waals surface area contributed by atoms with Crippen molar-refractivity contribution in [3.63, 3.8) is 0 Å². The molecule has 20 heteroatoms. The van der Waals surface area contributed by atoms with Crippen LogP contribution in [0.3, 0.4) is 0 Å². The minimum absolute atomic E-state index is 0. The zero-order chi connectivity index (χ0) is 36.1. The molecule has 3 heterocycles. The zero-order valence-corrected chi connectivity index (χ0v) is 26.7. The Labute approximate surface area is 279 Å². The number of anilines is 1. The average Bonchev–Trinajstić information content (AvgIpc) is 3.60. The number of nitrogens with zero attached hydrogens (tertiary/aromatic N) is 4. The van der Waals surface area contributed by atoms with Crippen molar-refractivity contribution in [3.05, 3.63) is 54.9 Å². The molecule has 0 aliphatic carbocycles. The lowest BCUT2D eigenvalue weighted by molar-refractivity contribution is -0.191. The number of halogens is 1. The molecular weight excluding hydrogens is 676 g/mol. The van der Waals surface area contributed by atoms with Crippen molar-refractivity contribution in [2.75, 3.05) is 24.9 Å². The number of ether oxygens (including phenoxy) is 3. The lowest BCUT2D eigenvalue weighted by atomic mass is 10.0. The van der Waals surface area contributed by atoms with E-state index in [1.165, 1.54) is 17.2 Å². The smallest absolute Gasteiger partial charge is 0.373 e. The molecule has 0 saturated heterocycles. The number of esters is 1. The summed E-state index contributed by atoms with van der Waals surface area (Å²) in [6.07, 6.45) is 0.223. The van der Waals surface area contributed by atoms with Gasteiger partial charge in [0.15, 0.2) is 35.4 Å². The number of hydrogen-bond acceptors (Lipinski definition) is 15. The SMILES string of the molecule is C.CC(O)(CC(=O)O)C(=O)O.CCOC(=O)[C@H](C)C[P@](=O)(COC1C=C(F)[C@H](n2cnc3c(N)ncnc32)O1)Oc1ccccc1.O=C=O. The standard InChI is InChI=1S/C22H25FN5O6P.C5H8O5.CO2.CH4/c1-3-31-22(29)14(2)10-35(30,34-15-7-5-4-6-8-15)13-32-17-9-16(23)21(33-17)28-12-27-18-19(24)25-11-26-20(18)28;1-5(10,4(8)9)2-3(6)7;2-1-3;/h4-9,11-12,14,17,21H,3,10,13H2,1-2H3,(H2,24,25,26);10H,2H2,1H3,(H,6,7)(H,8,9);;1H4/t14-,17?,21-,35-;;;/m1.../s1. The number of aliphatic hydroxyl groups is 1. The fourth-order valence-electron chi connectivity index (χ4n) is 3.89. The summed E-state index contributed by atoms with van der Waals surface area (Å²) in [5.41, 5.74) is 4.22. The number of carbonyl (C=O) groups is 3. The molecule has 1 aromatic carbocycles. The van der Waals surface area contributed by atoms with Gasteiger partial charge in [0, 0.05) is 6.08 Å². The highest BCUT2D eigenvalue weighted by molar-refractivity contribution is 7.59. The first kappa shape index (κ1) is 42.0. The Morgan fingerprint density at radius 1 is 1.18 bits per heavy atom. The van der Waals surface area contributed by atoms with Crippen molar-refractivity contribution in [2.45, 2.75) is 52.7 Å². The summed E-state index contributed by atoms with van der Waals surface area (Å²) in [6, 6.07) is 8.52. The second-order valence-corrected chi connectivity index (χ2v) is 12.5. The predicted molar refractivity (Wildman–Crippen MR) is 166 cm³/mol. The van der Waals surface area contributed by atoms with E-state index in [2.05, 4.69) is 15.0 Å². The van der Waals surface area contributed by atoms with Gasteiger partial charge in [-0.25, -0.2) is 24.1 Å². The molecule has 3 aromatic rings. The first-order chi connectivity index (χ1) is 22.6. The molecule has 5 N–H and O–H groups in total. The first-order valence-corrected chi connectivity index (χ1v) is 15.8. The molecule has 5 atom stereocenters. The summed E-state index contributed by atoms with van der Waals surface area (Å²) in [7, 11) is -3.58. The maximum absolute atomic E-state index is 14.8. The normalized spacial score (nSPS) is 17.9. The Morgan fingerprint density at radius 3 is 2.37 bits per heavy atom. The highest BCUT2D eigenvalue weighted by Crippen LogP contribution is 2.49. The van der Waals surface area contributed by atoms with Crippen LogP contribution in [0, 0.1) is 5.92 Å². The maximum atomic E-state index is 14.8. The van der Waals surface area contributed by atoms with E-state index in [0.717, 1.165) is 13.0 Å². The van der Waals surface area contributed by atoms with Crippen molar-refractivity contribution < 1.29 is 67.0 Å². The van der Waals surface area contributed by atoms with Crippen molar-refractivity contribution in [2.24, 2.45) is 5.92 Å². The summed E-state index contributed by atoms with van der Waals surface area (Å²) < 4.78 is 51.9. The number of nitrogen functional groups attached to an aromatic ring is 1. The molecule has 0 bridgehead atoms. The van der Waals surface area contributed by atoms with E-state index >= 15 is 0 Å². The quantitative estimate of drug-likeness (QED) is 0.146. The Morgan fingerprint density at radius 2 is 1.82 bits per heavy atom. The Hall–Kier alpha value is -5.06. The molecule has 268 valence electrons. The first-order valence-electron chi connectivity index (χ1n) is 13.8. The van der Waals surface area contributed by atoms with E-state index in [4.69, 9.17) is 49.4 Å². The van der Waals surface area contributed by atoms with Gasteiger partial charge in [-0.2, -0.15) is 9.59 Å². The highest BCUT2D eigenvalue weighted by Gasteiger charge is 2.36. The maximum Gasteiger partial charge on any atom is 0.373 e. The predicted octanol–water partition coefficient (Wildman–Crippen LogP) is 3.00. The van der Waals surface area contributed by atoms with Gasteiger partial charge in [-0.05, 0) is 26.0 Å². The van der Waals surface area contributed by atoms with Crippen LogP contribution in [-0.4, -0.2) is 89.9 Å². The minimum atomic E-state index is -3.58. The van der Waals surface area contributed by atoms with Crippen LogP contribution in [0.4, 0.5) is 10.2 Å². The van der Waals surface area contributed by atoms with Gasteiger partial charge in [0.1, 0.15) is 23.9 Å². The Kier molecular flexibility index (Phi) is 16.3. The van der Waals surface area contributed by atoms with Gasteiger partial charge >= 0.3 is 24.1 Å². The highest BCUT2D eigenvalue weighted by atomic mass is 31.2. The van der Waals surface area contributed by atoms with Crippen LogP contribution < -0.4 is 10.3 Å². The number of carboxylic acid groups (broad SMARTS) is 2. The molecule has 49 heavy (non-hydrogen) atoms. The monoisotopic (exact) mass is 713 g/mol. The molecule has 0 spiro atoms. The van der Waals surface area contributed by atoms with Gasteiger partial charge in [0.2, 0.25) is 0 Å². The zero-order valence-electron chi connectivity index (χ0n) is 25.8. The average molecular weight is 714 g/mol. The molecular formula is C29H37FN5O13P. The number of benzene rings is 1. The third-order valence-electron chi connectivity index (χ3n) is 6.08. The number of hydrogen-bond donors (Lipinski definition) is 4. The molecule has 0 radical (unpaired) electrons. The fraction of sp³-hybridized carbons (Fsp3) is 0.414. The summed E-state index contributed by atoms with van der Waals surface area (Å²) in [5.74, 6) is -4.23. The van der Waals surface area contributed by atoms with Gasteiger partial charge in [-0.1, -0.05) is 32.5 Å². The van der Waals surface area contributed by atoms with Gasteiger partial charge in [0.25, 0.3) is 7.37 Å². The number of para-hydroxylation sites is 1. The molecule has 1 aliphatic heterocycles. The van der Waals surface area contributed by atoms with E-state index < -0.39 is 67.9 Å². The van der Waals surface area contributed by atoms with Crippen molar-refractivity contribution in [1.29, 1.82) is 0 Å². The van der Waals surface area contributed by atoms with Gasteiger partial charge in [-0.3, -0.25) is 18.7 Å². The number of rotatable bonds is 13. The summed E-state index contributed by atoms with van der Waals surface area (Å²) in [4.78, 5) is 60.4. The molecule has 2 unspecified atom stereocenters. The summed E-state index contributed by atoms with van der Waals surface area (Å²) in [5, 5.41) is 25.0. The Balaban J connectivity index is 0.000000732. The van der Waals surface area contributed by atoms with Crippen LogP contribution in [-0.2, 0) is 42.7 Å². The summed E-state index contributed by atoms with van der Waals surface area (Å²) in [6.45, 7) is 4.42. The number of aromatic nitrogens is 4. The number of carbonyl (C=O) groups excluding carboxylic acids is 3. The number of fused-ring (bicyclic) bond motifs is 1. The van der Waals surface area contributed by atoms with Crippen LogP contribution in [0.5, 0.6) is 5.75 Å². The van der Waals surface area contributed by atoms with Gasteiger partial charge in [0.05, 0.1) is 31.4 Å². The number of nitrogens with two attached hydrogens (primary N) is 1. The largest absolute Gasteiger partial charge is 0.481 e. The molecule has 4 rings (SSSR count). The third-order valence-corrected chi connectivity index (χ3v) is 8.27. The second kappa shape index (κ2) is 19.1. The van der Waals surface area contributed by atoms with Crippen LogP contribution in [0.1, 0.15) is 40.8 Å². The van der Waals surface area contributed by atoms with Crippen molar-refractivity contribution in [3.8, 4) is 5.75 Å². The minimum Gasteiger partial charge on any atom is -0.481 e. The van der Waals surface area contributed by atoms with Crippen molar-refractivity contribution in [1.82, 2.24) is 19.5 Å². The lowest BCUT2D eigenvalue weighted by Crippen LogP contribution is -2.37. The van der Waals surface area contributed by atoms with E-state index in [9.17, 15) is 23.3 Å². The van der Waals surface area contributed by atoms with E-state index in [-0.39, 0.29) is 37.8 Å². The molecule has 18 nitrogen and oxygen atoms in total. The molecule has 0 fully saturated rings. The Bertz CT molecular complexity index is 1680. The molecule has 0 saturated carbocycles. The number of carboxylic acids is 2. The lowest BCUT2D eigenvalue weighted by Gasteiger charge is -2.23. The van der Waals surface area contributed by atoms with E-state index in [1.54, 1.807) is 44.2 Å². The molecule has 2 aromatic heterocycles. The van der Waals surface area contributed by atoms with Crippen LogP contribution in [0.15, 0.2) is 54.9 Å². The second-order valence-electron chi connectivity index (χ2n) is 10.1. The number of aliphatic carboxylic acids is 2. The van der Waals surface area contributed by atoms with Gasteiger partial charge in [-0.15, -0.1) is 0 Å². The van der Waals surface area contributed by atoms with Crippen LogP contribution in [0.2, 0.25) is 0 Å².